The summed E-state index contributed by atoms with van der Waals surface area (Å²) in [6, 6.07) is 17.3. The zero-order valence-corrected chi connectivity index (χ0v) is 23.8. The molecule has 0 unspecified atom stereocenters. The Morgan fingerprint density at radius 2 is 1.30 bits per heavy atom. The van der Waals surface area contributed by atoms with Gasteiger partial charge >= 0.3 is 0 Å². The van der Waals surface area contributed by atoms with Crippen LogP contribution in [0.1, 0.15) is 48.9 Å². The second-order valence-electron chi connectivity index (χ2n) is 11.8. The number of carbonyl (C=O) groups excluding carboxylic acids is 1. The Hall–Kier alpha value is -3.90. The van der Waals surface area contributed by atoms with Gasteiger partial charge in [0.15, 0.2) is 0 Å². The zero-order valence-electron chi connectivity index (χ0n) is 23.0. The molecule has 0 spiro atoms. The van der Waals surface area contributed by atoms with E-state index in [9.17, 15) is 4.79 Å². The van der Waals surface area contributed by atoms with E-state index in [0.717, 1.165) is 49.3 Å². The van der Waals surface area contributed by atoms with Crippen LogP contribution in [0.3, 0.4) is 0 Å². The summed E-state index contributed by atoms with van der Waals surface area (Å²) in [7, 11) is 0. The molecule has 0 saturated heterocycles. The third kappa shape index (κ3) is 4.22. The Labute approximate surface area is 240 Å². The zero-order chi connectivity index (χ0) is 27.4. The van der Waals surface area contributed by atoms with Crippen molar-refractivity contribution in [2.24, 2.45) is 0 Å². The molecule has 6 heteroatoms. The average molecular weight is 545 g/mol. The van der Waals surface area contributed by atoms with E-state index in [2.05, 4.69) is 65.1 Å². The first-order chi connectivity index (χ1) is 19.4. The summed E-state index contributed by atoms with van der Waals surface area (Å²) in [5.74, 6) is 0.264. The van der Waals surface area contributed by atoms with Gasteiger partial charge in [0.25, 0.3) is 0 Å². The maximum absolute atomic E-state index is 12.3. The first-order valence-corrected chi connectivity index (χ1v) is 14.5. The molecule has 0 N–H and O–H groups in total. The molecule has 0 bridgehead atoms. The number of hydrogen-bond donors (Lipinski definition) is 0. The molecule has 0 saturated carbocycles. The van der Waals surface area contributed by atoms with Gasteiger partial charge in [-0.15, -0.1) is 0 Å². The molecule has 1 amide bonds. The summed E-state index contributed by atoms with van der Waals surface area (Å²) in [6.45, 7) is 6.22. The number of carbonyl (C=O) groups is 1. The Balaban J connectivity index is 0.000000133. The Kier molecular flexibility index (Phi) is 6.04. The molecule has 8 rings (SSSR count). The Bertz CT molecular complexity index is 1650. The number of rotatable bonds is 2. The SMILES string of the molecule is CC1(C)CC(=O)N2CCc3cc(-c4cccnc4)cc1c32.S=C1CCc2cc(-c3cccnc3)cc3c2N1CC3. The number of aryl methyl sites for hydroxylation is 1. The van der Waals surface area contributed by atoms with Gasteiger partial charge in [-0.05, 0) is 89.0 Å². The molecule has 40 heavy (non-hydrogen) atoms. The van der Waals surface area contributed by atoms with Crippen LogP contribution < -0.4 is 9.80 Å². The number of anilines is 2. The van der Waals surface area contributed by atoms with Crippen molar-refractivity contribution in [3.63, 3.8) is 0 Å². The van der Waals surface area contributed by atoms with Gasteiger partial charge < -0.3 is 9.80 Å². The van der Waals surface area contributed by atoms with E-state index >= 15 is 0 Å². The van der Waals surface area contributed by atoms with Crippen LogP contribution in [0.5, 0.6) is 0 Å². The summed E-state index contributed by atoms with van der Waals surface area (Å²) < 4.78 is 0. The van der Waals surface area contributed by atoms with Crippen molar-refractivity contribution >= 4 is 34.5 Å². The number of nitrogens with zero attached hydrogens (tertiary/aromatic N) is 4. The smallest absolute Gasteiger partial charge is 0.227 e. The second-order valence-corrected chi connectivity index (χ2v) is 12.3. The molecule has 0 radical (unpaired) electrons. The standard InChI is InChI=1S/C18H18N2O.C16H14N2S/c1-18(2)10-16(21)20-7-5-12-8-14(9-15(18)17(12)20)13-4-3-6-19-11-13;19-15-4-3-11-8-14(13-2-1-6-17-10-13)9-12-5-7-18(15)16(11)12/h3-4,6,8-9,11H,5,7,10H2,1-2H3;1-2,6,8-10H,3-5,7H2. The van der Waals surface area contributed by atoms with Crippen molar-refractivity contribution in [3.05, 3.63) is 95.6 Å². The summed E-state index contributed by atoms with van der Waals surface area (Å²) in [6.07, 6.45) is 12.2. The molecule has 0 fully saturated rings. The van der Waals surface area contributed by atoms with Crippen molar-refractivity contribution in [1.29, 1.82) is 0 Å². The highest BCUT2D eigenvalue weighted by molar-refractivity contribution is 7.80. The van der Waals surface area contributed by atoms with Crippen molar-refractivity contribution in [3.8, 4) is 22.3 Å². The normalized spacial score (nSPS) is 17.8. The van der Waals surface area contributed by atoms with Crippen LogP contribution in [-0.4, -0.2) is 34.0 Å². The van der Waals surface area contributed by atoms with Crippen LogP contribution in [-0.2, 0) is 29.5 Å². The molecule has 2 aromatic heterocycles. The summed E-state index contributed by atoms with van der Waals surface area (Å²) in [4.78, 5) is 26.2. The lowest BCUT2D eigenvalue weighted by molar-refractivity contribution is -0.120. The minimum atomic E-state index is -0.0970. The van der Waals surface area contributed by atoms with Crippen LogP contribution in [0.15, 0.2) is 73.3 Å². The average Bonchev–Trinajstić information content (AvgIpc) is 3.61. The molecule has 4 aliphatic heterocycles. The summed E-state index contributed by atoms with van der Waals surface area (Å²) in [5.41, 5.74) is 12.8. The van der Waals surface area contributed by atoms with Gasteiger partial charge in [0, 0.05) is 72.9 Å². The summed E-state index contributed by atoms with van der Waals surface area (Å²) >= 11 is 5.48. The van der Waals surface area contributed by atoms with E-state index in [1.165, 1.54) is 50.3 Å². The number of thiocarbonyl (C=S) groups is 1. The van der Waals surface area contributed by atoms with E-state index in [1.54, 1.807) is 6.20 Å². The fourth-order valence-electron chi connectivity index (χ4n) is 6.74. The molecular formula is C34H32N4OS. The highest BCUT2D eigenvalue weighted by Crippen LogP contribution is 2.47. The minimum Gasteiger partial charge on any atom is -0.335 e. The van der Waals surface area contributed by atoms with Gasteiger partial charge in [-0.2, -0.15) is 0 Å². The number of benzene rings is 2. The van der Waals surface area contributed by atoms with Gasteiger partial charge in [-0.3, -0.25) is 14.8 Å². The van der Waals surface area contributed by atoms with E-state index in [-0.39, 0.29) is 11.3 Å². The van der Waals surface area contributed by atoms with Gasteiger partial charge in [0.2, 0.25) is 5.91 Å². The van der Waals surface area contributed by atoms with E-state index in [1.807, 2.05) is 35.6 Å². The largest absolute Gasteiger partial charge is 0.335 e. The molecule has 4 aliphatic rings. The number of hydrogen-bond acceptors (Lipinski definition) is 4. The monoisotopic (exact) mass is 544 g/mol. The summed E-state index contributed by atoms with van der Waals surface area (Å²) in [5, 5.41) is 0. The molecular weight excluding hydrogens is 512 g/mol. The lowest BCUT2D eigenvalue weighted by atomic mass is 9.76. The third-order valence-corrected chi connectivity index (χ3v) is 9.15. The fourth-order valence-corrected chi connectivity index (χ4v) is 7.02. The maximum Gasteiger partial charge on any atom is 0.227 e. The lowest BCUT2D eigenvalue weighted by Crippen LogP contribution is -2.40. The molecule has 5 nitrogen and oxygen atoms in total. The van der Waals surface area contributed by atoms with Crippen LogP contribution in [0.25, 0.3) is 22.3 Å². The predicted octanol–water partition coefficient (Wildman–Crippen LogP) is 6.70. The third-order valence-electron chi connectivity index (χ3n) is 8.73. The Morgan fingerprint density at radius 3 is 1.93 bits per heavy atom. The van der Waals surface area contributed by atoms with Gasteiger partial charge in [-0.25, -0.2) is 0 Å². The van der Waals surface area contributed by atoms with Crippen molar-refractivity contribution in [1.82, 2.24) is 9.97 Å². The van der Waals surface area contributed by atoms with E-state index in [0.29, 0.717) is 6.42 Å². The van der Waals surface area contributed by atoms with Crippen LogP contribution in [0, 0.1) is 0 Å². The van der Waals surface area contributed by atoms with Gasteiger partial charge in [0.05, 0.1) is 10.7 Å². The lowest BCUT2D eigenvalue weighted by Gasteiger charge is -2.37. The minimum absolute atomic E-state index is 0.0970. The van der Waals surface area contributed by atoms with Crippen molar-refractivity contribution in [2.45, 2.75) is 51.4 Å². The maximum atomic E-state index is 12.3. The highest BCUT2D eigenvalue weighted by Gasteiger charge is 2.40. The van der Waals surface area contributed by atoms with Gasteiger partial charge in [-0.1, -0.05) is 38.2 Å². The Morgan fingerprint density at radius 1 is 0.725 bits per heavy atom. The molecule has 200 valence electrons. The molecule has 4 aromatic rings. The number of amides is 1. The van der Waals surface area contributed by atoms with Crippen LogP contribution in [0.4, 0.5) is 11.4 Å². The second kappa shape index (κ2) is 9.63. The van der Waals surface area contributed by atoms with Crippen LogP contribution in [0.2, 0.25) is 0 Å². The van der Waals surface area contributed by atoms with Crippen LogP contribution >= 0.6 is 12.2 Å². The molecule has 0 aliphatic carbocycles. The first kappa shape index (κ1) is 25.1. The molecule has 0 atom stereocenters. The van der Waals surface area contributed by atoms with E-state index in [4.69, 9.17) is 12.2 Å². The highest BCUT2D eigenvalue weighted by atomic mass is 32.1. The van der Waals surface area contributed by atoms with Crippen molar-refractivity contribution in [2.75, 3.05) is 22.9 Å². The predicted molar refractivity (Wildman–Crippen MR) is 165 cm³/mol. The number of aromatic nitrogens is 2. The fraction of sp³-hybridized carbons (Fsp3) is 0.294. The number of pyridine rings is 2. The topological polar surface area (TPSA) is 49.3 Å². The molecule has 2 aromatic carbocycles. The molecule has 6 heterocycles. The first-order valence-electron chi connectivity index (χ1n) is 14.1. The van der Waals surface area contributed by atoms with Crippen molar-refractivity contribution < 1.29 is 4.79 Å². The van der Waals surface area contributed by atoms with E-state index < -0.39 is 0 Å². The quantitative estimate of drug-likeness (QED) is 0.263. The van der Waals surface area contributed by atoms with Gasteiger partial charge in [0.1, 0.15) is 0 Å².